The zero-order valence-electron chi connectivity index (χ0n) is 13.2. The highest BCUT2D eigenvalue weighted by Crippen LogP contribution is 2.44. The number of ether oxygens (including phenoxy) is 1. The van der Waals surface area contributed by atoms with Gasteiger partial charge in [-0.2, -0.15) is 0 Å². The monoisotopic (exact) mass is 270 g/mol. The predicted octanol–water partition coefficient (Wildman–Crippen LogP) is 3.12. The number of hydrogen-bond acceptors (Lipinski definition) is 3. The summed E-state index contributed by atoms with van der Waals surface area (Å²) in [6.45, 7) is 8.02. The quantitative estimate of drug-likeness (QED) is 0.790. The molecule has 112 valence electrons. The number of amides is 1. The largest absolute Gasteiger partial charge is 0.448 e. The fourth-order valence-corrected chi connectivity index (χ4v) is 3.42. The Kier molecular flexibility index (Phi) is 6.11. The number of carbonyl (C=O) groups is 1. The molecule has 4 nitrogen and oxygen atoms in total. The summed E-state index contributed by atoms with van der Waals surface area (Å²) in [5.74, 6) is 0. The summed E-state index contributed by atoms with van der Waals surface area (Å²) < 4.78 is 5.33. The average Bonchev–Trinajstić information content (AvgIpc) is 2.97. The molecule has 2 rings (SSSR count). The van der Waals surface area contributed by atoms with Gasteiger partial charge in [0.25, 0.3) is 0 Å². The van der Waals surface area contributed by atoms with Crippen LogP contribution in [0.4, 0.5) is 4.79 Å². The Hall–Kier alpha value is -0.770. The molecular formula is C15H30N2O2. The van der Waals surface area contributed by atoms with Gasteiger partial charge in [0.15, 0.2) is 0 Å². The first-order chi connectivity index (χ1) is 9.09. The Labute approximate surface area is 118 Å². The number of hydrogen-bond donors (Lipinski definition) is 0. The summed E-state index contributed by atoms with van der Waals surface area (Å²) in [4.78, 5) is 15.5. The van der Waals surface area contributed by atoms with Crippen LogP contribution in [-0.4, -0.2) is 54.7 Å². The van der Waals surface area contributed by atoms with Crippen molar-refractivity contribution < 1.29 is 9.53 Å². The molecule has 2 heterocycles. The molecule has 0 aromatic carbocycles. The van der Waals surface area contributed by atoms with Crippen molar-refractivity contribution in [2.45, 2.75) is 64.5 Å². The van der Waals surface area contributed by atoms with Gasteiger partial charge in [-0.1, -0.05) is 20.8 Å². The topological polar surface area (TPSA) is 32.8 Å². The van der Waals surface area contributed by atoms with E-state index in [-0.39, 0.29) is 6.09 Å². The maximum absolute atomic E-state index is 11.4. The third-order valence-electron chi connectivity index (χ3n) is 4.46. The smallest absolute Gasteiger partial charge is 0.409 e. The van der Waals surface area contributed by atoms with Crippen molar-refractivity contribution in [2.75, 3.05) is 27.2 Å². The molecule has 0 aliphatic carbocycles. The standard InChI is InChI=1S/C13H24N2O2.C2H6/c1-4-13-7-5-9-15(13)11(6-8-13)10-17-12(16)14(2)3;1-2/h11H,4-10H2,1-3H3;1-2H3. The molecule has 0 aromatic rings. The lowest BCUT2D eigenvalue weighted by atomic mass is 9.91. The van der Waals surface area contributed by atoms with Crippen LogP contribution in [0.3, 0.4) is 0 Å². The van der Waals surface area contributed by atoms with E-state index in [4.69, 9.17) is 4.74 Å². The summed E-state index contributed by atoms with van der Waals surface area (Å²) in [5.41, 5.74) is 0.426. The van der Waals surface area contributed by atoms with Crippen molar-refractivity contribution in [3.8, 4) is 0 Å². The minimum absolute atomic E-state index is 0.224. The van der Waals surface area contributed by atoms with Gasteiger partial charge < -0.3 is 9.64 Å². The fourth-order valence-electron chi connectivity index (χ4n) is 3.42. The molecule has 0 aromatic heterocycles. The van der Waals surface area contributed by atoms with Gasteiger partial charge in [-0.05, 0) is 38.6 Å². The van der Waals surface area contributed by atoms with Crippen LogP contribution in [0.1, 0.15) is 52.9 Å². The summed E-state index contributed by atoms with van der Waals surface area (Å²) in [6.07, 6.45) is 6.07. The molecule has 0 spiro atoms. The van der Waals surface area contributed by atoms with Crippen molar-refractivity contribution in [3.05, 3.63) is 0 Å². The molecule has 0 N–H and O–H groups in total. The highest BCUT2D eigenvalue weighted by atomic mass is 16.6. The van der Waals surface area contributed by atoms with Gasteiger partial charge >= 0.3 is 6.09 Å². The normalized spacial score (nSPS) is 29.4. The molecule has 2 aliphatic heterocycles. The van der Waals surface area contributed by atoms with Gasteiger partial charge in [0, 0.05) is 25.7 Å². The maximum atomic E-state index is 11.4. The number of fused-ring (bicyclic) bond motifs is 1. The molecule has 4 heteroatoms. The molecule has 2 atom stereocenters. The molecule has 2 aliphatic rings. The van der Waals surface area contributed by atoms with Crippen LogP contribution in [0.2, 0.25) is 0 Å². The lowest BCUT2D eigenvalue weighted by molar-refractivity contribution is 0.0678. The lowest BCUT2D eigenvalue weighted by Crippen LogP contribution is -2.44. The molecule has 1 amide bonds. The van der Waals surface area contributed by atoms with Crippen LogP contribution < -0.4 is 0 Å². The van der Waals surface area contributed by atoms with Crippen LogP contribution in [0.25, 0.3) is 0 Å². The van der Waals surface area contributed by atoms with Gasteiger partial charge in [-0.25, -0.2) is 4.79 Å². The maximum Gasteiger partial charge on any atom is 0.409 e. The minimum Gasteiger partial charge on any atom is -0.448 e. The van der Waals surface area contributed by atoms with Gasteiger partial charge in [-0.15, -0.1) is 0 Å². The molecule has 2 unspecified atom stereocenters. The lowest BCUT2D eigenvalue weighted by Gasteiger charge is -2.34. The van der Waals surface area contributed by atoms with Crippen LogP contribution in [0.15, 0.2) is 0 Å². The molecule has 19 heavy (non-hydrogen) atoms. The molecule has 2 saturated heterocycles. The van der Waals surface area contributed by atoms with E-state index in [9.17, 15) is 4.79 Å². The van der Waals surface area contributed by atoms with Gasteiger partial charge in [-0.3, -0.25) is 4.90 Å². The SMILES string of the molecule is CC.CCC12CCCN1C(COC(=O)N(C)C)CC2. The minimum atomic E-state index is -0.224. The Bertz CT molecular complexity index is 294. The number of carbonyl (C=O) groups excluding carboxylic acids is 1. The van der Waals surface area contributed by atoms with Gasteiger partial charge in [0.05, 0.1) is 0 Å². The van der Waals surface area contributed by atoms with Crippen LogP contribution in [0.5, 0.6) is 0 Å². The van der Waals surface area contributed by atoms with E-state index in [1.165, 1.54) is 43.5 Å². The highest BCUT2D eigenvalue weighted by Gasteiger charge is 2.47. The van der Waals surface area contributed by atoms with Crippen molar-refractivity contribution in [2.24, 2.45) is 0 Å². The highest BCUT2D eigenvalue weighted by molar-refractivity contribution is 5.66. The van der Waals surface area contributed by atoms with E-state index in [0.717, 1.165) is 0 Å². The summed E-state index contributed by atoms with van der Waals surface area (Å²) >= 11 is 0. The van der Waals surface area contributed by atoms with Crippen molar-refractivity contribution in [1.29, 1.82) is 0 Å². The van der Waals surface area contributed by atoms with E-state index in [0.29, 0.717) is 18.2 Å². The second-order valence-corrected chi connectivity index (χ2v) is 5.54. The molecule has 2 fully saturated rings. The van der Waals surface area contributed by atoms with Crippen LogP contribution in [-0.2, 0) is 4.74 Å². The number of rotatable bonds is 3. The third-order valence-corrected chi connectivity index (χ3v) is 4.46. The van der Waals surface area contributed by atoms with E-state index in [1.807, 2.05) is 13.8 Å². The van der Waals surface area contributed by atoms with E-state index in [1.54, 1.807) is 14.1 Å². The Balaban J connectivity index is 0.000000861. The van der Waals surface area contributed by atoms with E-state index < -0.39 is 0 Å². The Morgan fingerprint density at radius 3 is 2.63 bits per heavy atom. The van der Waals surface area contributed by atoms with Crippen molar-refractivity contribution in [1.82, 2.24) is 9.80 Å². The second kappa shape index (κ2) is 7.13. The predicted molar refractivity (Wildman–Crippen MR) is 78.4 cm³/mol. The van der Waals surface area contributed by atoms with Gasteiger partial charge in [0.1, 0.15) is 6.61 Å². The first-order valence-corrected chi connectivity index (χ1v) is 7.70. The molecule has 0 saturated carbocycles. The van der Waals surface area contributed by atoms with E-state index >= 15 is 0 Å². The number of nitrogens with zero attached hydrogens (tertiary/aromatic N) is 2. The van der Waals surface area contributed by atoms with Crippen LogP contribution >= 0.6 is 0 Å². The molecule has 0 radical (unpaired) electrons. The zero-order valence-corrected chi connectivity index (χ0v) is 13.2. The van der Waals surface area contributed by atoms with Crippen molar-refractivity contribution >= 4 is 6.09 Å². The molecular weight excluding hydrogens is 240 g/mol. The molecule has 0 bridgehead atoms. The zero-order chi connectivity index (χ0) is 14.5. The Morgan fingerprint density at radius 1 is 1.37 bits per heavy atom. The third kappa shape index (κ3) is 3.41. The van der Waals surface area contributed by atoms with Crippen molar-refractivity contribution in [3.63, 3.8) is 0 Å². The summed E-state index contributed by atoms with van der Waals surface area (Å²) in [5, 5.41) is 0. The second-order valence-electron chi connectivity index (χ2n) is 5.54. The summed E-state index contributed by atoms with van der Waals surface area (Å²) in [6, 6.07) is 0.446. The first kappa shape index (κ1) is 16.3. The fraction of sp³-hybridized carbons (Fsp3) is 0.933. The van der Waals surface area contributed by atoms with Gasteiger partial charge in [0.2, 0.25) is 0 Å². The summed E-state index contributed by atoms with van der Waals surface area (Å²) in [7, 11) is 3.45. The average molecular weight is 270 g/mol. The Morgan fingerprint density at radius 2 is 2.05 bits per heavy atom. The first-order valence-electron chi connectivity index (χ1n) is 7.70. The van der Waals surface area contributed by atoms with E-state index in [2.05, 4.69) is 11.8 Å². The van der Waals surface area contributed by atoms with Crippen LogP contribution in [0, 0.1) is 0 Å².